The van der Waals surface area contributed by atoms with Crippen molar-refractivity contribution in [2.45, 2.75) is 13.0 Å². The molecule has 0 saturated heterocycles. The van der Waals surface area contributed by atoms with E-state index in [2.05, 4.69) is 4.98 Å². The predicted molar refractivity (Wildman–Crippen MR) is 51.0 cm³/mol. The molecule has 0 aliphatic rings. The average molecular weight is 195 g/mol. The highest BCUT2D eigenvalue weighted by atomic mass is 16.2. The molecule has 1 rings (SSSR count). The molecule has 0 bridgehead atoms. The Morgan fingerprint density at radius 2 is 2.29 bits per heavy atom. The molecule has 0 saturated carbocycles. The topological polar surface area (TPSA) is 55.2 Å². The van der Waals surface area contributed by atoms with Gasteiger partial charge in [-0.3, -0.25) is 9.59 Å². The van der Waals surface area contributed by atoms with Gasteiger partial charge in [0.15, 0.2) is 6.29 Å². The lowest BCUT2D eigenvalue weighted by Crippen LogP contribution is -2.30. The second kappa shape index (κ2) is 4.04. The predicted octanol–water partition coefficient (Wildman–Crippen LogP) is 0.345. The summed E-state index contributed by atoms with van der Waals surface area (Å²) in [6, 6.07) is -0.396. The van der Waals surface area contributed by atoms with E-state index in [1.165, 1.54) is 17.4 Å². The Morgan fingerprint density at radius 3 is 2.79 bits per heavy atom. The minimum atomic E-state index is -0.396. The summed E-state index contributed by atoms with van der Waals surface area (Å²) in [5.41, 5.74) is 0.410. The van der Waals surface area contributed by atoms with Crippen molar-refractivity contribution in [1.29, 1.82) is 0 Å². The molecule has 1 heterocycles. The number of nitrogens with zero attached hydrogens (tertiary/aromatic N) is 3. The van der Waals surface area contributed by atoms with Gasteiger partial charge in [-0.15, -0.1) is 0 Å². The normalized spacial score (nSPS) is 12.2. The maximum absolute atomic E-state index is 11.6. The standard InChI is InChI=1S/C9H13N3O2/c1-7(9(14)11(2)3)12-6-10-4-8(12)5-13/h4-7H,1-3H3. The Hall–Kier alpha value is -1.65. The molecule has 1 atom stereocenters. The number of imidazole rings is 1. The number of likely N-dealkylation sites (N-methyl/N-ethyl adjacent to an activating group) is 1. The van der Waals surface area contributed by atoms with Gasteiger partial charge in [0, 0.05) is 14.1 Å². The minimum absolute atomic E-state index is 0.0638. The van der Waals surface area contributed by atoms with Crippen LogP contribution in [0.4, 0.5) is 0 Å². The van der Waals surface area contributed by atoms with Gasteiger partial charge in [-0.25, -0.2) is 4.98 Å². The van der Waals surface area contributed by atoms with Crippen LogP contribution in [0.3, 0.4) is 0 Å². The monoisotopic (exact) mass is 195 g/mol. The van der Waals surface area contributed by atoms with Gasteiger partial charge in [0.1, 0.15) is 11.7 Å². The van der Waals surface area contributed by atoms with E-state index in [-0.39, 0.29) is 5.91 Å². The molecule has 1 amide bonds. The summed E-state index contributed by atoms with van der Waals surface area (Å²) < 4.78 is 1.55. The van der Waals surface area contributed by atoms with E-state index >= 15 is 0 Å². The molecular weight excluding hydrogens is 182 g/mol. The Morgan fingerprint density at radius 1 is 1.64 bits per heavy atom. The molecule has 0 aliphatic carbocycles. The molecule has 0 N–H and O–H groups in total. The van der Waals surface area contributed by atoms with Crippen molar-refractivity contribution in [2.75, 3.05) is 14.1 Å². The largest absolute Gasteiger partial charge is 0.347 e. The molecule has 5 heteroatoms. The molecule has 76 valence electrons. The summed E-state index contributed by atoms with van der Waals surface area (Å²) in [7, 11) is 3.35. The first-order valence-electron chi connectivity index (χ1n) is 4.26. The SMILES string of the molecule is CC(C(=O)N(C)C)n1cncc1C=O. The van der Waals surface area contributed by atoms with Crippen LogP contribution in [-0.2, 0) is 4.79 Å². The fourth-order valence-corrected chi connectivity index (χ4v) is 1.22. The van der Waals surface area contributed by atoms with E-state index in [0.29, 0.717) is 12.0 Å². The van der Waals surface area contributed by atoms with Gasteiger partial charge in [-0.1, -0.05) is 0 Å². The Kier molecular flexibility index (Phi) is 3.01. The number of carbonyl (C=O) groups is 2. The van der Waals surface area contributed by atoms with E-state index in [0.717, 1.165) is 0 Å². The van der Waals surface area contributed by atoms with Crippen LogP contribution < -0.4 is 0 Å². The zero-order chi connectivity index (χ0) is 10.7. The highest BCUT2D eigenvalue weighted by Gasteiger charge is 2.18. The molecule has 5 nitrogen and oxygen atoms in total. The van der Waals surface area contributed by atoms with Gasteiger partial charge >= 0.3 is 0 Å². The van der Waals surface area contributed by atoms with Gasteiger partial charge in [0.25, 0.3) is 0 Å². The Bertz CT molecular complexity index is 344. The summed E-state index contributed by atoms with van der Waals surface area (Å²) in [6.07, 6.45) is 3.61. The molecular formula is C9H13N3O2. The van der Waals surface area contributed by atoms with Crippen molar-refractivity contribution in [3.63, 3.8) is 0 Å². The quantitative estimate of drug-likeness (QED) is 0.654. The van der Waals surface area contributed by atoms with Crippen LogP contribution in [0.5, 0.6) is 0 Å². The molecule has 0 fully saturated rings. The number of hydrogen-bond acceptors (Lipinski definition) is 3. The summed E-state index contributed by atoms with van der Waals surface area (Å²) in [6.45, 7) is 1.73. The first-order chi connectivity index (χ1) is 6.57. The maximum Gasteiger partial charge on any atom is 0.244 e. The van der Waals surface area contributed by atoms with Crippen molar-refractivity contribution < 1.29 is 9.59 Å². The van der Waals surface area contributed by atoms with E-state index in [9.17, 15) is 9.59 Å². The van der Waals surface area contributed by atoms with Gasteiger partial charge in [-0.2, -0.15) is 0 Å². The molecule has 1 aromatic rings. The summed E-state index contributed by atoms with van der Waals surface area (Å²) in [5.74, 6) is -0.0638. The van der Waals surface area contributed by atoms with Crippen LogP contribution in [-0.4, -0.2) is 40.7 Å². The number of amides is 1. The van der Waals surface area contributed by atoms with Gasteiger partial charge < -0.3 is 9.47 Å². The van der Waals surface area contributed by atoms with Crippen LogP contribution in [0.25, 0.3) is 0 Å². The Balaban J connectivity index is 2.94. The van der Waals surface area contributed by atoms with Crippen molar-refractivity contribution in [3.8, 4) is 0 Å². The van der Waals surface area contributed by atoms with Gasteiger partial charge in [-0.05, 0) is 6.92 Å². The Labute approximate surface area is 82.3 Å². The lowest BCUT2D eigenvalue weighted by molar-refractivity contribution is -0.131. The first-order valence-corrected chi connectivity index (χ1v) is 4.26. The number of aromatic nitrogens is 2. The lowest BCUT2D eigenvalue weighted by Gasteiger charge is -2.18. The summed E-state index contributed by atoms with van der Waals surface area (Å²) >= 11 is 0. The third-order valence-corrected chi connectivity index (χ3v) is 2.03. The van der Waals surface area contributed by atoms with Crippen LogP contribution in [0.1, 0.15) is 23.5 Å². The van der Waals surface area contributed by atoms with Crippen molar-refractivity contribution in [2.24, 2.45) is 0 Å². The highest BCUT2D eigenvalue weighted by molar-refractivity contribution is 5.81. The molecule has 0 aliphatic heterocycles. The molecule has 0 aromatic carbocycles. The van der Waals surface area contributed by atoms with E-state index in [1.54, 1.807) is 25.6 Å². The number of carbonyl (C=O) groups excluding carboxylic acids is 2. The lowest BCUT2D eigenvalue weighted by atomic mass is 10.3. The smallest absolute Gasteiger partial charge is 0.244 e. The van der Waals surface area contributed by atoms with Crippen molar-refractivity contribution in [3.05, 3.63) is 18.2 Å². The molecule has 1 aromatic heterocycles. The zero-order valence-electron chi connectivity index (χ0n) is 8.47. The van der Waals surface area contributed by atoms with Crippen LogP contribution in [0.15, 0.2) is 12.5 Å². The maximum atomic E-state index is 11.6. The molecule has 14 heavy (non-hydrogen) atoms. The fraction of sp³-hybridized carbons (Fsp3) is 0.444. The van der Waals surface area contributed by atoms with E-state index < -0.39 is 6.04 Å². The van der Waals surface area contributed by atoms with Crippen LogP contribution in [0.2, 0.25) is 0 Å². The first kappa shape index (κ1) is 10.4. The molecule has 0 spiro atoms. The zero-order valence-corrected chi connectivity index (χ0v) is 8.47. The second-order valence-corrected chi connectivity index (χ2v) is 3.25. The van der Waals surface area contributed by atoms with E-state index in [1.807, 2.05) is 0 Å². The second-order valence-electron chi connectivity index (χ2n) is 3.25. The number of rotatable bonds is 3. The van der Waals surface area contributed by atoms with Gasteiger partial charge in [0.2, 0.25) is 5.91 Å². The summed E-state index contributed by atoms with van der Waals surface area (Å²) in [5, 5.41) is 0. The van der Waals surface area contributed by atoms with Crippen LogP contribution >= 0.6 is 0 Å². The van der Waals surface area contributed by atoms with Crippen molar-refractivity contribution in [1.82, 2.24) is 14.5 Å². The van der Waals surface area contributed by atoms with Crippen molar-refractivity contribution >= 4 is 12.2 Å². The van der Waals surface area contributed by atoms with E-state index in [4.69, 9.17) is 0 Å². The third-order valence-electron chi connectivity index (χ3n) is 2.03. The van der Waals surface area contributed by atoms with Gasteiger partial charge in [0.05, 0.1) is 12.5 Å². The minimum Gasteiger partial charge on any atom is -0.347 e. The molecule has 0 radical (unpaired) electrons. The third kappa shape index (κ3) is 1.81. The number of hydrogen-bond donors (Lipinski definition) is 0. The fourth-order valence-electron chi connectivity index (χ4n) is 1.22. The highest BCUT2D eigenvalue weighted by Crippen LogP contribution is 2.10. The molecule has 1 unspecified atom stereocenters. The van der Waals surface area contributed by atoms with Crippen LogP contribution in [0, 0.1) is 0 Å². The summed E-state index contributed by atoms with van der Waals surface area (Å²) in [4.78, 5) is 27.5. The number of aldehydes is 1. The average Bonchev–Trinajstić information content (AvgIpc) is 2.62.